The molecule has 2 amide bonds. The number of carbonyl (C=O) groups is 2. The Morgan fingerprint density at radius 2 is 1.67 bits per heavy atom. The van der Waals surface area contributed by atoms with E-state index in [1.807, 2.05) is 0 Å². The van der Waals surface area contributed by atoms with Gasteiger partial charge in [-0.3, -0.25) is 14.6 Å². The van der Waals surface area contributed by atoms with Gasteiger partial charge in [-0.1, -0.05) is 23.7 Å². The summed E-state index contributed by atoms with van der Waals surface area (Å²) in [6.07, 6.45) is -1.70. The molecule has 2 aromatic carbocycles. The van der Waals surface area contributed by atoms with Gasteiger partial charge in [0.25, 0.3) is 11.8 Å². The number of anilines is 2. The van der Waals surface area contributed by atoms with E-state index in [1.54, 1.807) is 19.1 Å². The first kappa shape index (κ1) is 21.3. The number of aromatic nitrogens is 1. The monoisotopic (exact) mass is 433 g/mol. The Morgan fingerprint density at radius 3 is 2.37 bits per heavy atom. The zero-order valence-electron chi connectivity index (χ0n) is 15.5. The van der Waals surface area contributed by atoms with Gasteiger partial charge in [0.1, 0.15) is 0 Å². The lowest BCUT2D eigenvalue weighted by Gasteiger charge is -2.12. The van der Waals surface area contributed by atoms with E-state index in [0.29, 0.717) is 16.3 Å². The van der Waals surface area contributed by atoms with Crippen molar-refractivity contribution in [2.45, 2.75) is 13.1 Å². The van der Waals surface area contributed by atoms with Crippen molar-refractivity contribution in [3.63, 3.8) is 0 Å². The Morgan fingerprint density at radius 1 is 0.933 bits per heavy atom. The maximum absolute atomic E-state index is 12.9. The van der Waals surface area contributed by atoms with Crippen LogP contribution < -0.4 is 10.6 Å². The third kappa shape index (κ3) is 5.15. The molecule has 0 saturated heterocycles. The smallest absolute Gasteiger partial charge is 0.322 e. The van der Waals surface area contributed by atoms with Crippen LogP contribution >= 0.6 is 11.6 Å². The highest BCUT2D eigenvalue weighted by atomic mass is 35.5. The largest absolute Gasteiger partial charge is 0.416 e. The van der Waals surface area contributed by atoms with Gasteiger partial charge >= 0.3 is 6.18 Å². The Kier molecular flexibility index (Phi) is 6.07. The van der Waals surface area contributed by atoms with E-state index < -0.39 is 23.6 Å². The van der Waals surface area contributed by atoms with E-state index in [2.05, 4.69) is 15.6 Å². The molecule has 2 N–H and O–H groups in total. The number of rotatable bonds is 4. The van der Waals surface area contributed by atoms with Crippen molar-refractivity contribution in [2.24, 2.45) is 0 Å². The first-order valence-electron chi connectivity index (χ1n) is 8.64. The topological polar surface area (TPSA) is 71.1 Å². The number of carbonyl (C=O) groups excluding carboxylic acids is 2. The Balaban J connectivity index is 1.80. The molecular formula is C21H15ClF3N3O2. The molecular weight excluding hydrogens is 419 g/mol. The van der Waals surface area contributed by atoms with Gasteiger partial charge < -0.3 is 10.6 Å². The molecule has 0 saturated carbocycles. The zero-order valence-corrected chi connectivity index (χ0v) is 16.3. The van der Waals surface area contributed by atoms with Crippen LogP contribution in [0, 0.1) is 6.92 Å². The molecule has 0 unspecified atom stereocenters. The van der Waals surface area contributed by atoms with Gasteiger partial charge in [-0.05, 0) is 48.9 Å². The van der Waals surface area contributed by atoms with Crippen molar-refractivity contribution in [3.05, 3.63) is 88.2 Å². The Labute approximate surface area is 174 Å². The summed E-state index contributed by atoms with van der Waals surface area (Å²) in [5.41, 5.74) is 0.495. The zero-order chi connectivity index (χ0) is 21.9. The molecule has 0 atom stereocenters. The Hall–Kier alpha value is -3.39. The molecule has 1 heterocycles. The molecule has 30 heavy (non-hydrogen) atoms. The number of hydrogen-bond donors (Lipinski definition) is 2. The second-order valence-electron chi connectivity index (χ2n) is 6.41. The van der Waals surface area contributed by atoms with Crippen molar-refractivity contribution < 1.29 is 22.8 Å². The van der Waals surface area contributed by atoms with Gasteiger partial charge in [0.2, 0.25) is 0 Å². The van der Waals surface area contributed by atoms with Crippen molar-refractivity contribution in [3.8, 4) is 0 Å². The molecule has 0 bridgehead atoms. The summed E-state index contributed by atoms with van der Waals surface area (Å²) in [6.45, 7) is 1.71. The van der Waals surface area contributed by atoms with Crippen molar-refractivity contribution in [1.29, 1.82) is 0 Å². The summed E-state index contributed by atoms with van der Waals surface area (Å²) in [4.78, 5) is 28.9. The minimum Gasteiger partial charge on any atom is -0.322 e. The SMILES string of the molecule is Cc1ccc(NC(=O)c2cccc(C(F)(F)F)c2)cc1C(=O)Nc1cncc(Cl)c1. The van der Waals surface area contributed by atoms with Gasteiger partial charge in [0.15, 0.2) is 0 Å². The van der Waals surface area contributed by atoms with Gasteiger partial charge in [0, 0.05) is 23.0 Å². The lowest BCUT2D eigenvalue weighted by atomic mass is 10.1. The predicted octanol–water partition coefficient (Wildman–Crippen LogP) is 5.57. The van der Waals surface area contributed by atoms with Crippen LogP contribution in [0.15, 0.2) is 60.9 Å². The first-order chi connectivity index (χ1) is 14.1. The summed E-state index contributed by atoms with van der Waals surface area (Å²) in [7, 11) is 0. The minimum atomic E-state index is -4.55. The summed E-state index contributed by atoms with van der Waals surface area (Å²) < 4.78 is 38.6. The summed E-state index contributed by atoms with van der Waals surface area (Å²) in [6, 6.07) is 10.2. The number of pyridine rings is 1. The van der Waals surface area contributed by atoms with Gasteiger partial charge in [-0.15, -0.1) is 0 Å². The van der Waals surface area contributed by atoms with E-state index in [1.165, 1.54) is 30.6 Å². The lowest BCUT2D eigenvalue weighted by molar-refractivity contribution is -0.137. The summed E-state index contributed by atoms with van der Waals surface area (Å²) in [5, 5.41) is 5.52. The maximum Gasteiger partial charge on any atom is 0.416 e. The molecule has 3 aromatic rings. The normalized spacial score (nSPS) is 11.1. The highest BCUT2D eigenvalue weighted by Crippen LogP contribution is 2.29. The predicted molar refractivity (Wildman–Crippen MR) is 108 cm³/mol. The van der Waals surface area contributed by atoms with Crippen LogP contribution in [-0.2, 0) is 6.18 Å². The number of amides is 2. The minimum absolute atomic E-state index is 0.151. The first-order valence-corrected chi connectivity index (χ1v) is 9.02. The highest BCUT2D eigenvalue weighted by Gasteiger charge is 2.30. The number of benzene rings is 2. The maximum atomic E-state index is 12.9. The molecule has 3 rings (SSSR count). The van der Waals surface area contributed by atoms with Crippen LogP contribution in [0.4, 0.5) is 24.5 Å². The molecule has 0 spiro atoms. The van der Waals surface area contributed by atoms with E-state index in [9.17, 15) is 22.8 Å². The molecule has 1 aromatic heterocycles. The van der Waals surface area contributed by atoms with Crippen LogP contribution in [0.2, 0.25) is 5.02 Å². The van der Waals surface area contributed by atoms with Crippen molar-refractivity contribution >= 4 is 34.8 Å². The van der Waals surface area contributed by atoms with Crippen LogP contribution in [0.25, 0.3) is 0 Å². The van der Waals surface area contributed by atoms with Gasteiger partial charge in [-0.25, -0.2) is 0 Å². The van der Waals surface area contributed by atoms with Gasteiger partial charge in [-0.2, -0.15) is 13.2 Å². The van der Waals surface area contributed by atoms with Gasteiger partial charge in [0.05, 0.1) is 22.5 Å². The molecule has 0 aliphatic carbocycles. The number of halogens is 4. The lowest BCUT2D eigenvalue weighted by Crippen LogP contribution is -2.16. The molecule has 5 nitrogen and oxygen atoms in total. The van der Waals surface area contributed by atoms with E-state index in [4.69, 9.17) is 11.6 Å². The second kappa shape index (κ2) is 8.54. The standard InChI is InChI=1S/C21H15ClF3N3O2/c1-12-5-6-16(9-18(12)20(30)28-17-8-15(22)10-26-11-17)27-19(29)13-3-2-4-14(7-13)21(23,24)25/h2-11H,1H3,(H,27,29)(H,28,30). The average molecular weight is 434 g/mol. The number of alkyl halides is 3. The van der Waals surface area contributed by atoms with E-state index >= 15 is 0 Å². The van der Waals surface area contributed by atoms with Crippen LogP contribution in [0.1, 0.15) is 31.8 Å². The third-order valence-electron chi connectivity index (χ3n) is 4.15. The fraction of sp³-hybridized carbons (Fsp3) is 0.0952. The molecule has 0 radical (unpaired) electrons. The molecule has 154 valence electrons. The number of nitrogens with one attached hydrogen (secondary N) is 2. The molecule has 0 fully saturated rings. The molecule has 0 aliphatic heterocycles. The average Bonchev–Trinajstić information content (AvgIpc) is 2.69. The third-order valence-corrected chi connectivity index (χ3v) is 4.36. The number of aryl methyl sites for hydroxylation is 1. The Bertz CT molecular complexity index is 1120. The fourth-order valence-corrected chi connectivity index (χ4v) is 2.84. The number of nitrogens with zero attached hydrogens (tertiary/aromatic N) is 1. The summed E-state index contributed by atoms with van der Waals surface area (Å²) >= 11 is 5.85. The van der Waals surface area contributed by atoms with Crippen LogP contribution in [0.5, 0.6) is 0 Å². The van der Waals surface area contributed by atoms with Crippen molar-refractivity contribution in [2.75, 3.05) is 10.6 Å². The quantitative estimate of drug-likeness (QED) is 0.565. The van der Waals surface area contributed by atoms with Crippen molar-refractivity contribution in [1.82, 2.24) is 4.98 Å². The van der Waals surface area contributed by atoms with E-state index in [0.717, 1.165) is 18.2 Å². The molecule has 0 aliphatic rings. The second-order valence-corrected chi connectivity index (χ2v) is 6.84. The van der Waals surface area contributed by atoms with Crippen LogP contribution in [-0.4, -0.2) is 16.8 Å². The molecule has 9 heteroatoms. The fourth-order valence-electron chi connectivity index (χ4n) is 2.66. The van der Waals surface area contributed by atoms with Crippen LogP contribution in [0.3, 0.4) is 0 Å². The summed E-state index contributed by atoms with van der Waals surface area (Å²) in [5.74, 6) is -1.18. The highest BCUT2D eigenvalue weighted by molar-refractivity contribution is 6.30. The van der Waals surface area contributed by atoms with E-state index in [-0.39, 0.29) is 16.8 Å². The number of hydrogen-bond acceptors (Lipinski definition) is 3.